The van der Waals surface area contributed by atoms with Crippen molar-refractivity contribution in [3.05, 3.63) is 0 Å². The molecule has 0 amide bonds. The molecule has 0 heterocycles. The molecule has 10 heteroatoms. The van der Waals surface area contributed by atoms with Crippen LogP contribution in [0.25, 0.3) is 0 Å². The van der Waals surface area contributed by atoms with Gasteiger partial charge in [-0.05, 0) is 0 Å². The van der Waals surface area contributed by atoms with Crippen molar-refractivity contribution < 1.29 is 70.7 Å². The van der Waals surface area contributed by atoms with Crippen LogP contribution in [0.15, 0.2) is 0 Å². The van der Waals surface area contributed by atoms with Gasteiger partial charge in [-0.2, -0.15) is 9.90 Å². The standard InChI is InChI=1S/Ca.Cu.Fe.K.Mg.Mn.Na.H3P.Se.Zn/h;;;;;;;1H3;;. The summed E-state index contributed by atoms with van der Waals surface area (Å²) in [6.07, 6.45) is 0. The Hall–Kier alpha value is 7.79. The van der Waals surface area contributed by atoms with Crippen molar-refractivity contribution in [3.63, 3.8) is 0 Å². The molecule has 0 fully saturated rings. The SMILES string of the molecule is P.[Ca].[Cu].[Fe].[K].[Mg].[Mn].[Na].[Se].[Zn]. The Morgan fingerprint density at radius 2 is 1.00 bits per heavy atom. The molecule has 10 radical (unpaired) electrons. The van der Waals surface area contributed by atoms with E-state index in [0.717, 1.165) is 0 Å². The second-order valence-corrected chi connectivity index (χ2v) is 0. The van der Waals surface area contributed by atoms with E-state index in [0.29, 0.717) is 0 Å². The van der Waals surface area contributed by atoms with E-state index in [1.165, 1.54) is 0 Å². The van der Waals surface area contributed by atoms with E-state index in [9.17, 15) is 0 Å². The zero-order chi connectivity index (χ0) is 0. The fourth-order valence-corrected chi connectivity index (χ4v) is 0. The average molecular weight is 479 g/mol. The van der Waals surface area contributed by atoms with E-state index in [4.69, 9.17) is 0 Å². The predicted octanol–water partition coefficient (Wildman–Crippen LogP) is -1.86. The number of rotatable bonds is 0. The van der Waals surface area contributed by atoms with Crippen LogP contribution in [0.2, 0.25) is 0 Å². The Morgan fingerprint density at radius 3 is 1.00 bits per heavy atom. The Morgan fingerprint density at radius 1 is 1.00 bits per heavy atom. The first-order chi connectivity index (χ1) is 0. The van der Waals surface area contributed by atoms with Gasteiger partial charge in [0.2, 0.25) is 0 Å². The minimum Gasteiger partial charge on any atom is -0.153 e. The second kappa shape index (κ2) is 69.0. The van der Waals surface area contributed by atoms with Crippen LogP contribution in [-0.4, -0.2) is 159 Å². The smallest absolute Gasteiger partial charge is 0 e. The minimum atomic E-state index is 0. The summed E-state index contributed by atoms with van der Waals surface area (Å²) in [5.41, 5.74) is 0. The van der Waals surface area contributed by atoms with Crippen molar-refractivity contribution in [3.8, 4) is 0 Å². The first-order valence-electron chi connectivity index (χ1n) is 0. The molecule has 0 saturated heterocycles. The molecule has 0 N–H and O–H groups in total. The van der Waals surface area contributed by atoms with Crippen molar-refractivity contribution in [2.24, 2.45) is 0 Å². The van der Waals surface area contributed by atoms with Crippen LogP contribution < -0.4 is 0 Å². The van der Waals surface area contributed by atoms with Crippen LogP contribution in [0.4, 0.5) is 0 Å². The van der Waals surface area contributed by atoms with E-state index < -0.39 is 0 Å². The predicted molar refractivity (Wildman–Crippen MR) is 39.9 cm³/mol. The molecule has 0 rings (SSSR count). The van der Waals surface area contributed by atoms with E-state index >= 15 is 0 Å². The van der Waals surface area contributed by atoms with Crippen LogP contribution in [0.5, 0.6) is 0 Å². The molecule has 0 aromatic heterocycles. The van der Waals surface area contributed by atoms with Crippen molar-refractivity contribution in [1.82, 2.24) is 0 Å². The Bertz CT molecular complexity index is 33.2. The molecule has 0 spiro atoms. The molecule has 1 atom stereocenters. The summed E-state index contributed by atoms with van der Waals surface area (Å²) >= 11 is 0. The molecule has 0 aromatic rings. The maximum Gasteiger partial charge on any atom is 0 e. The molecule has 1 unspecified atom stereocenters. The fraction of sp³-hybridized carbons (Fsp3) is 0. The topological polar surface area (TPSA) is 0 Å². The van der Waals surface area contributed by atoms with Gasteiger partial charge in [0, 0.05) is 229 Å². The first kappa shape index (κ1) is 82.6. The van der Waals surface area contributed by atoms with Crippen LogP contribution in [0.1, 0.15) is 0 Å². The molecule has 0 aromatic carbocycles. The normalized spacial score (nSPS) is 0. The zero-order valence-electron chi connectivity index (χ0n) is 6.27. The molecule has 48 valence electrons. The molecule has 0 aliphatic carbocycles. The van der Waals surface area contributed by atoms with Crippen molar-refractivity contribution in [1.29, 1.82) is 0 Å². The van der Waals surface area contributed by atoms with Gasteiger partial charge in [-0.25, -0.2) is 0 Å². The van der Waals surface area contributed by atoms with Gasteiger partial charge in [0.05, 0.1) is 0 Å². The maximum absolute atomic E-state index is 0. The molecular formula is H3CaCuFeKMgMnNaPSeZn. The second-order valence-electron chi connectivity index (χ2n) is 0. The van der Waals surface area contributed by atoms with E-state index in [-0.39, 0.29) is 239 Å². The van der Waals surface area contributed by atoms with Gasteiger partial charge in [-0.1, -0.05) is 0 Å². The average Bonchev–Trinajstić information content (AvgIpc) is 0. The van der Waals surface area contributed by atoms with E-state index in [2.05, 4.69) is 0 Å². The Kier molecular flexibility index (Phi) is 570. The largest absolute Gasteiger partial charge is 0.153 e. The van der Waals surface area contributed by atoms with Gasteiger partial charge < -0.3 is 0 Å². The fourth-order valence-electron chi connectivity index (χ4n) is 0. The van der Waals surface area contributed by atoms with Gasteiger partial charge in [-0.15, -0.1) is 0 Å². The summed E-state index contributed by atoms with van der Waals surface area (Å²) in [6.45, 7) is 0. The van der Waals surface area contributed by atoms with Crippen LogP contribution in [0, 0.1) is 0 Å². The van der Waals surface area contributed by atoms with Crippen molar-refractivity contribution >= 4 is 169 Å². The van der Waals surface area contributed by atoms with Crippen LogP contribution in [0.3, 0.4) is 0 Å². The monoisotopic (exact) mass is 478 g/mol. The van der Waals surface area contributed by atoms with Gasteiger partial charge in [0.15, 0.2) is 0 Å². The summed E-state index contributed by atoms with van der Waals surface area (Å²) in [6, 6.07) is 0. The summed E-state index contributed by atoms with van der Waals surface area (Å²) < 4.78 is 0. The quantitative estimate of drug-likeness (QED) is 0.283. The molecule has 10 heavy (non-hydrogen) atoms. The molecule has 0 bridgehead atoms. The Labute approximate surface area is 232 Å². The van der Waals surface area contributed by atoms with Crippen LogP contribution >= 0.6 is 9.90 Å². The number of hydrogen-bond donors (Lipinski definition) is 0. The molecule has 0 saturated carbocycles. The summed E-state index contributed by atoms with van der Waals surface area (Å²) in [4.78, 5) is 0. The third-order valence-corrected chi connectivity index (χ3v) is 0. The molecule has 0 nitrogen and oxygen atoms in total. The number of hydrogen-bond acceptors (Lipinski definition) is 0. The van der Waals surface area contributed by atoms with Crippen molar-refractivity contribution in [2.45, 2.75) is 0 Å². The van der Waals surface area contributed by atoms with Crippen molar-refractivity contribution in [2.75, 3.05) is 0 Å². The van der Waals surface area contributed by atoms with Crippen LogP contribution in [-0.2, 0) is 70.7 Å². The maximum atomic E-state index is 0. The van der Waals surface area contributed by atoms with Gasteiger partial charge >= 0.3 is 0 Å². The molecule has 0 aliphatic rings. The zero-order valence-corrected chi connectivity index (χ0v) is 24.3. The van der Waals surface area contributed by atoms with Gasteiger partial charge in [0.25, 0.3) is 0 Å². The van der Waals surface area contributed by atoms with Gasteiger partial charge in [0.1, 0.15) is 0 Å². The molecule has 0 aliphatic heterocycles. The summed E-state index contributed by atoms with van der Waals surface area (Å²) in [5, 5.41) is 0. The minimum absolute atomic E-state index is 0. The third kappa shape index (κ3) is 56.9. The van der Waals surface area contributed by atoms with E-state index in [1.54, 1.807) is 0 Å². The molecular weight excluding hydrogens is 476 g/mol. The third-order valence-electron chi connectivity index (χ3n) is 0. The Balaban J connectivity index is 0. The van der Waals surface area contributed by atoms with E-state index in [1.807, 2.05) is 0 Å². The summed E-state index contributed by atoms with van der Waals surface area (Å²) in [7, 11) is 0. The summed E-state index contributed by atoms with van der Waals surface area (Å²) in [5.74, 6) is 0. The van der Waals surface area contributed by atoms with Gasteiger partial charge in [-0.3, -0.25) is 0 Å². The first-order valence-corrected chi connectivity index (χ1v) is 0.